The highest BCUT2D eigenvalue weighted by Gasteiger charge is 2.29. The van der Waals surface area contributed by atoms with Crippen LogP contribution < -0.4 is 5.32 Å². The van der Waals surface area contributed by atoms with Crippen LogP contribution in [-0.2, 0) is 6.18 Å². The molecule has 4 nitrogen and oxygen atoms in total. The van der Waals surface area contributed by atoms with Gasteiger partial charge >= 0.3 is 6.18 Å². The average Bonchev–Trinajstić information content (AvgIpc) is 2.49. The molecule has 0 bridgehead atoms. The van der Waals surface area contributed by atoms with Crippen LogP contribution in [-0.4, -0.2) is 21.4 Å². The summed E-state index contributed by atoms with van der Waals surface area (Å²) in [6, 6.07) is 4.79. The molecular weight excluding hydrogens is 313 g/mol. The maximum absolute atomic E-state index is 12.5. The van der Waals surface area contributed by atoms with E-state index in [0.29, 0.717) is 22.2 Å². The highest BCUT2D eigenvalue weighted by molar-refractivity contribution is 7.98. The Kier molecular flexibility index (Phi) is 5.02. The lowest BCUT2D eigenvalue weighted by Crippen LogP contribution is -2.04. The third kappa shape index (κ3) is 4.20. The lowest BCUT2D eigenvalue weighted by atomic mass is 10.2. The third-order valence-electron chi connectivity index (χ3n) is 2.76. The Bertz CT molecular complexity index is 669. The molecule has 0 aliphatic rings. The SMILES string of the molecule is CSc1nnc(C)c(C=CNc2ccc(C(F)(F)F)cc2)n1. The Morgan fingerprint density at radius 2 is 1.82 bits per heavy atom. The summed E-state index contributed by atoms with van der Waals surface area (Å²) in [6.07, 6.45) is 0.817. The number of halogens is 3. The molecule has 0 amide bonds. The Balaban J connectivity index is 2.06. The fourth-order valence-electron chi connectivity index (χ4n) is 1.59. The van der Waals surface area contributed by atoms with Gasteiger partial charge in [0.1, 0.15) is 0 Å². The summed E-state index contributed by atoms with van der Waals surface area (Å²) < 4.78 is 37.4. The van der Waals surface area contributed by atoms with Crippen molar-refractivity contribution in [3.63, 3.8) is 0 Å². The van der Waals surface area contributed by atoms with Crippen molar-refractivity contribution in [3.05, 3.63) is 47.4 Å². The van der Waals surface area contributed by atoms with Crippen molar-refractivity contribution in [3.8, 4) is 0 Å². The van der Waals surface area contributed by atoms with Crippen LogP contribution in [0.1, 0.15) is 17.0 Å². The molecule has 0 saturated carbocycles. The van der Waals surface area contributed by atoms with E-state index in [4.69, 9.17) is 0 Å². The van der Waals surface area contributed by atoms with E-state index in [1.807, 2.05) is 6.26 Å². The van der Waals surface area contributed by atoms with Crippen LogP contribution in [0.4, 0.5) is 18.9 Å². The Labute approximate surface area is 129 Å². The number of nitrogens with one attached hydrogen (secondary N) is 1. The zero-order chi connectivity index (χ0) is 16.2. The average molecular weight is 326 g/mol. The molecule has 0 radical (unpaired) electrons. The predicted molar refractivity (Wildman–Crippen MR) is 80.4 cm³/mol. The summed E-state index contributed by atoms with van der Waals surface area (Å²) in [6.45, 7) is 1.78. The molecule has 8 heteroatoms. The molecule has 0 aliphatic heterocycles. The van der Waals surface area contributed by atoms with E-state index in [-0.39, 0.29) is 0 Å². The van der Waals surface area contributed by atoms with Crippen LogP contribution in [0.2, 0.25) is 0 Å². The minimum atomic E-state index is -4.33. The van der Waals surface area contributed by atoms with Gasteiger partial charge in [-0.25, -0.2) is 4.98 Å². The van der Waals surface area contributed by atoms with Crippen molar-refractivity contribution < 1.29 is 13.2 Å². The number of thioether (sulfide) groups is 1. The molecule has 2 rings (SSSR count). The first-order chi connectivity index (χ1) is 10.4. The summed E-state index contributed by atoms with van der Waals surface area (Å²) in [5.74, 6) is 0. The minimum absolute atomic E-state index is 0.550. The van der Waals surface area contributed by atoms with Crippen molar-refractivity contribution in [2.45, 2.75) is 18.3 Å². The van der Waals surface area contributed by atoms with Crippen LogP contribution in [0, 0.1) is 6.92 Å². The number of anilines is 1. The highest BCUT2D eigenvalue weighted by atomic mass is 32.2. The van der Waals surface area contributed by atoms with Gasteiger partial charge in [0.2, 0.25) is 5.16 Å². The zero-order valence-electron chi connectivity index (χ0n) is 11.8. The number of benzene rings is 1. The molecule has 22 heavy (non-hydrogen) atoms. The largest absolute Gasteiger partial charge is 0.416 e. The molecule has 0 atom stereocenters. The summed E-state index contributed by atoms with van der Waals surface area (Å²) in [5.41, 5.74) is 1.19. The van der Waals surface area contributed by atoms with Gasteiger partial charge < -0.3 is 5.32 Å². The van der Waals surface area contributed by atoms with Crippen molar-refractivity contribution >= 4 is 23.5 Å². The topological polar surface area (TPSA) is 50.7 Å². The van der Waals surface area contributed by atoms with E-state index in [1.54, 1.807) is 19.2 Å². The van der Waals surface area contributed by atoms with Crippen molar-refractivity contribution in [1.29, 1.82) is 0 Å². The van der Waals surface area contributed by atoms with Crippen molar-refractivity contribution in [2.24, 2.45) is 0 Å². The first kappa shape index (κ1) is 16.3. The number of hydrogen-bond acceptors (Lipinski definition) is 5. The second-order valence-electron chi connectivity index (χ2n) is 4.32. The summed E-state index contributed by atoms with van der Waals surface area (Å²) in [7, 11) is 0. The second-order valence-corrected chi connectivity index (χ2v) is 5.10. The van der Waals surface area contributed by atoms with E-state index in [1.165, 1.54) is 23.9 Å². The normalized spacial score (nSPS) is 11.9. The minimum Gasteiger partial charge on any atom is -0.362 e. The molecule has 1 aromatic carbocycles. The summed E-state index contributed by atoms with van der Waals surface area (Å²) >= 11 is 1.38. The van der Waals surface area contributed by atoms with Crippen molar-refractivity contribution in [1.82, 2.24) is 15.2 Å². The van der Waals surface area contributed by atoms with Gasteiger partial charge in [-0.2, -0.15) is 18.3 Å². The number of nitrogens with zero attached hydrogens (tertiary/aromatic N) is 3. The number of hydrogen-bond donors (Lipinski definition) is 1. The number of aryl methyl sites for hydroxylation is 1. The standard InChI is InChI=1S/C14H13F3N4S/c1-9-12(19-13(22-2)21-20-9)7-8-18-11-5-3-10(4-6-11)14(15,16)17/h3-8,18H,1-2H3. The van der Waals surface area contributed by atoms with E-state index < -0.39 is 11.7 Å². The van der Waals surface area contributed by atoms with Crippen LogP contribution in [0.15, 0.2) is 35.6 Å². The maximum atomic E-state index is 12.5. The number of alkyl halides is 3. The van der Waals surface area contributed by atoms with Gasteiger partial charge in [-0.1, -0.05) is 11.8 Å². The van der Waals surface area contributed by atoms with E-state index in [0.717, 1.165) is 12.1 Å². The molecule has 0 fully saturated rings. The zero-order valence-corrected chi connectivity index (χ0v) is 12.7. The van der Waals surface area contributed by atoms with Gasteiger partial charge in [-0.05, 0) is 43.5 Å². The van der Waals surface area contributed by atoms with Gasteiger partial charge in [-0.3, -0.25) is 0 Å². The molecule has 1 N–H and O–H groups in total. The molecule has 1 heterocycles. The van der Waals surface area contributed by atoms with Crippen LogP contribution in [0.5, 0.6) is 0 Å². The molecule has 0 aliphatic carbocycles. The van der Waals surface area contributed by atoms with Crippen LogP contribution in [0.3, 0.4) is 0 Å². The molecule has 0 saturated heterocycles. The maximum Gasteiger partial charge on any atom is 0.416 e. The lowest BCUT2D eigenvalue weighted by Gasteiger charge is -2.07. The summed E-state index contributed by atoms with van der Waals surface area (Å²) in [4.78, 5) is 4.28. The predicted octanol–water partition coefficient (Wildman–Crippen LogP) is 4.00. The molecule has 116 valence electrons. The Morgan fingerprint density at radius 1 is 1.14 bits per heavy atom. The molecule has 2 aromatic rings. The number of rotatable bonds is 4. The quantitative estimate of drug-likeness (QED) is 0.861. The van der Waals surface area contributed by atoms with Gasteiger partial charge in [0, 0.05) is 11.9 Å². The smallest absolute Gasteiger partial charge is 0.362 e. The van der Waals surface area contributed by atoms with Gasteiger partial charge in [-0.15, -0.1) is 5.10 Å². The molecule has 1 aromatic heterocycles. The van der Waals surface area contributed by atoms with E-state index >= 15 is 0 Å². The van der Waals surface area contributed by atoms with E-state index in [2.05, 4.69) is 20.5 Å². The van der Waals surface area contributed by atoms with Crippen LogP contribution >= 0.6 is 11.8 Å². The Morgan fingerprint density at radius 3 is 2.41 bits per heavy atom. The number of aromatic nitrogens is 3. The second kappa shape index (κ2) is 6.78. The monoisotopic (exact) mass is 326 g/mol. The lowest BCUT2D eigenvalue weighted by molar-refractivity contribution is -0.137. The van der Waals surface area contributed by atoms with Gasteiger partial charge in [0.15, 0.2) is 0 Å². The highest BCUT2D eigenvalue weighted by Crippen LogP contribution is 2.29. The first-order valence-electron chi connectivity index (χ1n) is 6.26. The fourth-order valence-corrected chi connectivity index (χ4v) is 1.90. The van der Waals surface area contributed by atoms with Crippen molar-refractivity contribution in [2.75, 3.05) is 11.6 Å². The van der Waals surface area contributed by atoms with Gasteiger partial charge in [0.05, 0.1) is 17.0 Å². The van der Waals surface area contributed by atoms with E-state index in [9.17, 15) is 13.2 Å². The third-order valence-corrected chi connectivity index (χ3v) is 3.30. The molecule has 0 unspecified atom stereocenters. The fraction of sp³-hybridized carbons (Fsp3) is 0.214. The molecule has 0 spiro atoms. The summed E-state index contributed by atoms with van der Waals surface area (Å²) in [5, 5.41) is 11.3. The van der Waals surface area contributed by atoms with Gasteiger partial charge in [0.25, 0.3) is 0 Å². The first-order valence-corrected chi connectivity index (χ1v) is 7.48. The Hall–Kier alpha value is -2.09. The van der Waals surface area contributed by atoms with Crippen LogP contribution in [0.25, 0.3) is 6.08 Å². The molecular formula is C14H13F3N4S.